The summed E-state index contributed by atoms with van der Waals surface area (Å²) in [5, 5.41) is 2.61. The number of nitrogens with zero attached hydrogens (tertiary/aromatic N) is 1. The van der Waals surface area contributed by atoms with Gasteiger partial charge < -0.3 is 5.32 Å². The minimum atomic E-state index is -1.33. The van der Waals surface area contributed by atoms with Gasteiger partial charge >= 0.3 is 6.03 Å². The Morgan fingerprint density at radius 2 is 1.77 bits per heavy atom. The van der Waals surface area contributed by atoms with E-state index in [9.17, 15) is 18.8 Å². The largest absolute Gasteiger partial charge is 0.325 e. The topological polar surface area (TPSA) is 66.5 Å². The lowest BCUT2D eigenvalue weighted by atomic mass is 9.92. The molecule has 1 saturated heterocycles. The highest BCUT2D eigenvalue weighted by atomic mass is 19.1. The molecule has 6 heteroatoms. The number of urea groups is 1. The number of halogens is 1. The number of hydrogen-bond donors (Lipinski definition) is 1. The van der Waals surface area contributed by atoms with Crippen molar-refractivity contribution < 1.29 is 18.8 Å². The standard InChI is InChI=1S/C20H19FN2O3/c1-12-4-9-16(13(2)10-12)17(24)11-23-18(25)20(3,22-19(23)26)14-5-7-15(21)8-6-14/h4-10H,11H2,1-3H3,(H,22,26). The van der Waals surface area contributed by atoms with Crippen LogP contribution in [-0.2, 0) is 10.3 Å². The van der Waals surface area contributed by atoms with Gasteiger partial charge in [-0.15, -0.1) is 0 Å². The van der Waals surface area contributed by atoms with Gasteiger partial charge in [-0.3, -0.25) is 14.5 Å². The Kier molecular flexibility index (Phi) is 4.36. The molecule has 3 rings (SSSR count). The van der Waals surface area contributed by atoms with Crippen LogP contribution in [-0.4, -0.2) is 29.2 Å². The number of amides is 3. The van der Waals surface area contributed by atoms with E-state index < -0.39 is 23.3 Å². The van der Waals surface area contributed by atoms with E-state index >= 15 is 0 Å². The molecule has 1 aliphatic heterocycles. The lowest BCUT2D eigenvalue weighted by Gasteiger charge is -2.22. The summed E-state index contributed by atoms with van der Waals surface area (Å²) in [4.78, 5) is 38.6. The summed E-state index contributed by atoms with van der Waals surface area (Å²) in [6, 6.07) is 10.1. The average molecular weight is 354 g/mol. The molecule has 2 aromatic rings. The van der Waals surface area contributed by atoms with Crippen LogP contribution in [0.1, 0.15) is 34.0 Å². The molecule has 26 heavy (non-hydrogen) atoms. The Morgan fingerprint density at radius 3 is 2.38 bits per heavy atom. The maximum Gasteiger partial charge on any atom is 0.325 e. The molecule has 0 aliphatic carbocycles. The van der Waals surface area contributed by atoms with E-state index in [0.717, 1.165) is 16.0 Å². The van der Waals surface area contributed by atoms with Gasteiger partial charge in [0.2, 0.25) is 0 Å². The van der Waals surface area contributed by atoms with Crippen LogP contribution in [0.2, 0.25) is 0 Å². The second kappa shape index (κ2) is 6.37. The van der Waals surface area contributed by atoms with Crippen LogP contribution in [0.3, 0.4) is 0 Å². The number of rotatable bonds is 4. The molecule has 2 aromatic carbocycles. The first kappa shape index (κ1) is 17.8. The van der Waals surface area contributed by atoms with Gasteiger partial charge in [-0.25, -0.2) is 9.18 Å². The smallest absolute Gasteiger partial charge is 0.319 e. The summed E-state index contributed by atoms with van der Waals surface area (Å²) in [5.41, 5.74) is 1.43. The van der Waals surface area contributed by atoms with Gasteiger partial charge in [-0.1, -0.05) is 35.9 Å². The van der Waals surface area contributed by atoms with Gasteiger partial charge in [-0.2, -0.15) is 0 Å². The number of nitrogens with one attached hydrogen (secondary N) is 1. The van der Waals surface area contributed by atoms with E-state index in [4.69, 9.17) is 0 Å². The molecule has 1 unspecified atom stereocenters. The zero-order valence-electron chi connectivity index (χ0n) is 14.8. The van der Waals surface area contributed by atoms with Gasteiger partial charge in [0.05, 0.1) is 6.54 Å². The molecule has 1 N–H and O–H groups in total. The number of hydrogen-bond acceptors (Lipinski definition) is 3. The highest BCUT2D eigenvalue weighted by molar-refractivity contribution is 6.11. The number of Topliss-reactive ketones (excluding diaryl/α,β-unsaturated/α-hetero) is 1. The number of ketones is 1. The van der Waals surface area contributed by atoms with Crippen molar-refractivity contribution in [2.75, 3.05) is 6.54 Å². The molecule has 0 saturated carbocycles. The predicted octanol–water partition coefficient (Wildman–Crippen LogP) is 3.09. The minimum absolute atomic E-state index is 0.311. The van der Waals surface area contributed by atoms with Gasteiger partial charge in [-0.05, 0) is 44.0 Å². The van der Waals surface area contributed by atoms with E-state index in [1.807, 2.05) is 26.0 Å². The fourth-order valence-corrected chi connectivity index (χ4v) is 3.17. The molecule has 3 amide bonds. The minimum Gasteiger partial charge on any atom is -0.319 e. The molecule has 1 atom stereocenters. The van der Waals surface area contributed by atoms with Gasteiger partial charge in [0.15, 0.2) is 5.78 Å². The highest BCUT2D eigenvalue weighted by Crippen LogP contribution is 2.29. The first-order chi connectivity index (χ1) is 12.2. The molecule has 0 bridgehead atoms. The number of carbonyl (C=O) groups is 3. The van der Waals surface area contributed by atoms with Crippen molar-refractivity contribution in [3.05, 3.63) is 70.5 Å². The first-order valence-electron chi connectivity index (χ1n) is 8.23. The Hall–Kier alpha value is -3.02. The van der Waals surface area contributed by atoms with Gasteiger partial charge in [0.1, 0.15) is 11.4 Å². The van der Waals surface area contributed by atoms with E-state index in [-0.39, 0.29) is 12.3 Å². The van der Waals surface area contributed by atoms with Gasteiger partial charge in [0.25, 0.3) is 5.91 Å². The third-order valence-corrected chi connectivity index (χ3v) is 4.68. The maximum atomic E-state index is 13.1. The van der Waals surface area contributed by atoms with Crippen molar-refractivity contribution in [2.24, 2.45) is 0 Å². The van der Waals surface area contributed by atoms with Crippen molar-refractivity contribution >= 4 is 17.7 Å². The second-order valence-electron chi connectivity index (χ2n) is 6.69. The van der Waals surface area contributed by atoms with Crippen molar-refractivity contribution in [1.82, 2.24) is 10.2 Å². The monoisotopic (exact) mass is 354 g/mol. The molecule has 1 fully saturated rings. The van der Waals surface area contributed by atoms with E-state index in [0.29, 0.717) is 11.1 Å². The van der Waals surface area contributed by atoms with Gasteiger partial charge in [0, 0.05) is 5.56 Å². The quantitative estimate of drug-likeness (QED) is 0.678. The van der Waals surface area contributed by atoms with Crippen molar-refractivity contribution in [3.8, 4) is 0 Å². The normalized spacial score (nSPS) is 19.6. The van der Waals surface area contributed by atoms with Crippen LogP contribution >= 0.6 is 0 Å². The van der Waals surface area contributed by atoms with E-state index in [2.05, 4.69) is 5.32 Å². The van der Waals surface area contributed by atoms with E-state index in [1.165, 1.54) is 24.3 Å². The van der Waals surface area contributed by atoms with Crippen molar-refractivity contribution in [3.63, 3.8) is 0 Å². The fourth-order valence-electron chi connectivity index (χ4n) is 3.17. The number of aryl methyl sites for hydroxylation is 2. The van der Waals surface area contributed by atoms with Crippen LogP contribution in [0.5, 0.6) is 0 Å². The van der Waals surface area contributed by atoms with Crippen LogP contribution in [0.4, 0.5) is 9.18 Å². The Balaban J connectivity index is 1.85. The summed E-state index contributed by atoms with van der Waals surface area (Å²) < 4.78 is 13.1. The summed E-state index contributed by atoms with van der Waals surface area (Å²) in [6.07, 6.45) is 0. The maximum absolute atomic E-state index is 13.1. The molecule has 1 aliphatic rings. The number of carbonyl (C=O) groups excluding carboxylic acids is 3. The second-order valence-corrected chi connectivity index (χ2v) is 6.69. The lowest BCUT2D eigenvalue weighted by Crippen LogP contribution is -2.41. The SMILES string of the molecule is Cc1ccc(C(=O)CN2C(=O)NC(C)(c3ccc(F)cc3)C2=O)c(C)c1. The molecule has 1 heterocycles. The molecule has 134 valence electrons. The fraction of sp³-hybridized carbons (Fsp3) is 0.250. The molecule has 0 radical (unpaired) electrons. The zero-order chi connectivity index (χ0) is 19.1. The Labute approximate surface area is 150 Å². The van der Waals surface area contributed by atoms with Crippen molar-refractivity contribution in [1.29, 1.82) is 0 Å². The number of benzene rings is 2. The first-order valence-corrected chi connectivity index (χ1v) is 8.23. The average Bonchev–Trinajstić information content (AvgIpc) is 2.79. The summed E-state index contributed by atoms with van der Waals surface area (Å²) in [5.74, 6) is -1.28. The lowest BCUT2D eigenvalue weighted by molar-refractivity contribution is -0.130. The highest BCUT2D eigenvalue weighted by Gasteiger charge is 2.49. The third kappa shape index (κ3) is 2.98. The third-order valence-electron chi connectivity index (χ3n) is 4.68. The Bertz CT molecular complexity index is 908. The molecule has 0 aromatic heterocycles. The molecular formula is C20H19FN2O3. The zero-order valence-corrected chi connectivity index (χ0v) is 14.8. The van der Waals surface area contributed by atoms with E-state index in [1.54, 1.807) is 13.0 Å². The summed E-state index contributed by atoms with van der Waals surface area (Å²) in [6.45, 7) is 4.94. The number of imide groups is 1. The van der Waals surface area contributed by atoms with Crippen LogP contribution < -0.4 is 5.32 Å². The van der Waals surface area contributed by atoms with Crippen LogP contribution in [0.25, 0.3) is 0 Å². The Morgan fingerprint density at radius 1 is 1.12 bits per heavy atom. The predicted molar refractivity (Wildman–Crippen MR) is 94.2 cm³/mol. The van der Waals surface area contributed by atoms with Crippen LogP contribution in [0.15, 0.2) is 42.5 Å². The summed E-state index contributed by atoms with van der Waals surface area (Å²) in [7, 11) is 0. The molecule has 0 spiro atoms. The summed E-state index contributed by atoms with van der Waals surface area (Å²) >= 11 is 0. The molecule has 5 nitrogen and oxygen atoms in total. The molecular weight excluding hydrogens is 335 g/mol. The van der Waals surface area contributed by atoms with Crippen molar-refractivity contribution in [2.45, 2.75) is 26.3 Å². The van der Waals surface area contributed by atoms with Crippen LogP contribution in [0, 0.1) is 19.7 Å².